The average Bonchev–Trinajstić information content (AvgIpc) is 2.95. The molecule has 2 aromatic carbocycles. The van der Waals surface area contributed by atoms with Gasteiger partial charge in [-0.2, -0.15) is 8.78 Å². The first-order valence-electron chi connectivity index (χ1n) is 9.88. The number of nitrogens with zero attached hydrogens (tertiary/aromatic N) is 1. The number of carbonyl (C=O) groups is 2. The minimum absolute atomic E-state index is 0.0292. The van der Waals surface area contributed by atoms with Crippen LogP contribution in [0.2, 0.25) is 0 Å². The van der Waals surface area contributed by atoms with Crippen LogP contribution in [-0.4, -0.2) is 36.5 Å². The number of hydrogen-bond donors (Lipinski definition) is 0. The highest BCUT2D eigenvalue weighted by molar-refractivity contribution is 6.21. The largest absolute Gasteiger partial charge is 0.375 e. The summed E-state index contributed by atoms with van der Waals surface area (Å²) >= 11 is 0. The normalized spacial score (nSPS) is 13.8. The van der Waals surface area contributed by atoms with Gasteiger partial charge in [0.2, 0.25) is 0 Å². The van der Waals surface area contributed by atoms with E-state index in [1.807, 2.05) is 0 Å². The molecule has 2 amide bonds. The van der Waals surface area contributed by atoms with Crippen LogP contribution in [0.1, 0.15) is 57.5 Å². The fourth-order valence-electron chi connectivity index (χ4n) is 3.43. The lowest BCUT2D eigenvalue weighted by Crippen LogP contribution is -2.30. The Morgan fingerprint density at radius 1 is 0.897 bits per heavy atom. The van der Waals surface area contributed by atoms with Crippen LogP contribution in [0.5, 0.6) is 0 Å². The van der Waals surface area contributed by atoms with Gasteiger partial charge in [0, 0.05) is 18.7 Å². The summed E-state index contributed by atoms with van der Waals surface area (Å²) in [5.41, 5.74) is 1.68. The highest BCUT2D eigenvalue weighted by Crippen LogP contribution is 2.29. The molecule has 0 bridgehead atoms. The van der Waals surface area contributed by atoms with E-state index in [0.29, 0.717) is 30.5 Å². The topological polar surface area (TPSA) is 46.6 Å². The van der Waals surface area contributed by atoms with Crippen molar-refractivity contribution in [3.63, 3.8) is 0 Å². The Morgan fingerprint density at radius 3 is 2.21 bits per heavy atom. The summed E-state index contributed by atoms with van der Waals surface area (Å²) in [7, 11) is 0. The molecule has 1 heterocycles. The molecule has 3 rings (SSSR count). The number of unbranched alkanes of at least 4 members (excludes halogenated alkanes) is 3. The molecule has 154 valence electrons. The van der Waals surface area contributed by atoms with Crippen molar-refractivity contribution in [1.82, 2.24) is 4.90 Å². The third-order valence-electron chi connectivity index (χ3n) is 5.02. The first-order chi connectivity index (χ1) is 13.9. The number of ether oxygens (including phenoxy) is 1. The van der Waals surface area contributed by atoms with Crippen molar-refractivity contribution >= 4 is 11.8 Å². The first-order valence-corrected chi connectivity index (χ1v) is 9.88. The predicted octanol–water partition coefficient (Wildman–Crippen LogP) is 4.96. The quantitative estimate of drug-likeness (QED) is 0.418. The molecule has 0 saturated heterocycles. The number of halogens is 2. The van der Waals surface area contributed by atoms with Crippen LogP contribution in [0.4, 0.5) is 8.78 Å². The smallest absolute Gasteiger partial charge is 0.296 e. The van der Waals surface area contributed by atoms with Gasteiger partial charge in [0.15, 0.2) is 0 Å². The summed E-state index contributed by atoms with van der Waals surface area (Å²) in [6, 6.07) is 13.1. The Hall–Kier alpha value is -2.60. The van der Waals surface area contributed by atoms with Crippen LogP contribution < -0.4 is 0 Å². The Bertz CT molecular complexity index is 847. The van der Waals surface area contributed by atoms with Crippen molar-refractivity contribution in [3.05, 3.63) is 70.8 Å². The van der Waals surface area contributed by atoms with Gasteiger partial charge in [-0.1, -0.05) is 54.8 Å². The monoisotopic (exact) mass is 401 g/mol. The van der Waals surface area contributed by atoms with Gasteiger partial charge in [0.1, 0.15) is 6.61 Å². The molecule has 0 spiro atoms. The van der Waals surface area contributed by atoms with Gasteiger partial charge in [-0.25, -0.2) is 0 Å². The highest BCUT2D eigenvalue weighted by Gasteiger charge is 2.34. The van der Waals surface area contributed by atoms with E-state index >= 15 is 0 Å². The number of amides is 2. The Kier molecular flexibility index (Phi) is 6.75. The molecule has 1 aliphatic heterocycles. The Morgan fingerprint density at radius 2 is 1.55 bits per heavy atom. The molecule has 1 aliphatic rings. The summed E-state index contributed by atoms with van der Waals surface area (Å²) in [6.45, 7) is 1.78. The van der Waals surface area contributed by atoms with Crippen LogP contribution in [0, 0.1) is 6.92 Å². The SMILES string of the molecule is Cc1cccc(C(F)(F)COCCCCCCN2C(=O)c3ccccc3C2=O)c1. The molecule has 4 nitrogen and oxygen atoms in total. The number of imide groups is 1. The van der Waals surface area contributed by atoms with Gasteiger partial charge >= 0.3 is 0 Å². The first kappa shape index (κ1) is 21.1. The molecule has 0 aromatic heterocycles. The molecule has 2 aromatic rings. The Balaban J connectivity index is 1.31. The summed E-state index contributed by atoms with van der Waals surface area (Å²) in [5, 5.41) is 0. The third kappa shape index (κ3) is 5.07. The molecule has 0 unspecified atom stereocenters. The van der Waals surface area contributed by atoms with E-state index in [1.54, 1.807) is 43.3 Å². The van der Waals surface area contributed by atoms with Gasteiger partial charge in [-0.3, -0.25) is 14.5 Å². The standard InChI is InChI=1S/C23H25F2NO3/c1-17-9-8-10-18(15-17)23(24,25)16-29-14-7-3-2-6-13-26-21(27)19-11-4-5-12-20(19)22(26)28/h4-5,8-12,15H,2-3,6-7,13-14,16H2,1H3. The lowest BCUT2D eigenvalue weighted by atomic mass is 10.1. The van der Waals surface area contributed by atoms with Crippen molar-refractivity contribution in [2.45, 2.75) is 38.5 Å². The fourth-order valence-corrected chi connectivity index (χ4v) is 3.43. The predicted molar refractivity (Wildman–Crippen MR) is 106 cm³/mol. The zero-order valence-corrected chi connectivity index (χ0v) is 16.5. The maximum absolute atomic E-state index is 14.1. The van der Waals surface area contributed by atoms with Crippen molar-refractivity contribution in [2.75, 3.05) is 19.8 Å². The second-order valence-electron chi connectivity index (χ2n) is 7.35. The van der Waals surface area contributed by atoms with E-state index in [9.17, 15) is 18.4 Å². The van der Waals surface area contributed by atoms with Gasteiger partial charge in [-0.15, -0.1) is 0 Å². The molecule has 0 fully saturated rings. The summed E-state index contributed by atoms with van der Waals surface area (Å²) < 4.78 is 33.4. The molecule has 0 N–H and O–H groups in total. The number of fused-ring (bicyclic) bond motifs is 1. The van der Waals surface area contributed by atoms with Crippen LogP contribution >= 0.6 is 0 Å². The van der Waals surface area contributed by atoms with Crippen LogP contribution in [0.25, 0.3) is 0 Å². The summed E-state index contributed by atoms with van der Waals surface area (Å²) in [5.74, 6) is -3.49. The molecular weight excluding hydrogens is 376 g/mol. The van der Waals surface area contributed by atoms with Gasteiger partial charge in [-0.05, 0) is 31.9 Å². The minimum Gasteiger partial charge on any atom is -0.375 e. The molecule has 6 heteroatoms. The van der Waals surface area contributed by atoms with E-state index < -0.39 is 12.5 Å². The van der Waals surface area contributed by atoms with E-state index in [-0.39, 0.29) is 24.0 Å². The second kappa shape index (κ2) is 9.27. The fraction of sp³-hybridized carbons (Fsp3) is 0.391. The number of carbonyl (C=O) groups excluding carboxylic acids is 2. The van der Waals surface area contributed by atoms with Crippen molar-refractivity contribution < 1.29 is 23.1 Å². The van der Waals surface area contributed by atoms with E-state index in [1.165, 1.54) is 17.0 Å². The number of hydrogen-bond acceptors (Lipinski definition) is 3. The zero-order valence-electron chi connectivity index (χ0n) is 16.5. The lowest BCUT2D eigenvalue weighted by Gasteiger charge is -2.17. The molecular formula is C23H25F2NO3. The summed E-state index contributed by atoms with van der Waals surface area (Å²) in [6.07, 6.45) is 2.93. The number of rotatable bonds is 10. The average molecular weight is 401 g/mol. The lowest BCUT2D eigenvalue weighted by molar-refractivity contribution is -0.0831. The maximum atomic E-state index is 14.1. The van der Waals surface area contributed by atoms with E-state index in [4.69, 9.17) is 4.74 Å². The Labute approximate surface area is 169 Å². The minimum atomic E-state index is -3.00. The number of aryl methyl sites for hydroxylation is 1. The van der Waals surface area contributed by atoms with Crippen molar-refractivity contribution in [1.29, 1.82) is 0 Å². The van der Waals surface area contributed by atoms with Crippen LogP contribution in [0.3, 0.4) is 0 Å². The molecule has 0 radical (unpaired) electrons. The maximum Gasteiger partial charge on any atom is 0.296 e. The number of benzene rings is 2. The molecule has 29 heavy (non-hydrogen) atoms. The van der Waals surface area contributed by atoms with Crippen LogP contribution in [0.15, 0.2) is 48.5 Å². The zero-order chi connectivity index (χ0) is 20.9. The molecule has 0 saturated carbocycles. The highest BCUT2D eigenvalue weighted by atomic mass is 19.3. The molecule has 0 atom stereocenters. The van der Waals surface area contributed by atoms with Crippen molar-refractivity contribution in [2.24, 2.45) is 0 Å². The molecule has 0 aliphatic carbocycles. The third-order valence-corrected chi connectivity index (χ3v) is 5.02. The second-order valence-corrected chi connectivity index (χ2v) is 7.35. The number of alkyl halides is 2. The van der Waals surface area contributed by atoms with Gasteiger partial charge < -0.3 is 4.74 Å². The summed E-state index contributed by atoms with van der Waals surface area (Å²) in [4.78, 5) is 25.8. The van der Waals surface area contributed by atoms with E-state index in [0.717, 1.165) is 18.4 Å². The van der Waals surface area contributed by atoms with Gasteiger partial charge in [0.05, 0.1) is 11.1 Å². The van der Waals surface area contributed by atoms with E-state index in [2.05, 4.69) is 0 Å². The van der Waals surface area contributed by atoms with Crippen LogP contribution in [-0.2, 0) is 10.7 Å². The van der Waals surface area contributed by atoms with Crippen molar-refractivity contribution in [3.8, 4) is 0 Å². The van der Waals surface area contributed by atoms with Gasteiger partial charge in [0.25, 0.3) is 17.7 Å².